The summed E-state index contributed by atoms with van der Waals surface area (Å²) in [5.41, 5.74) is 1.26. The van der Waals surface area contributed by atoms with E-state index in [2.05, 4.69) is 11.9 Å². The molecule has 0 radical (unpaired) electrons. The van der Waals surface area contributed by atoms with Crippen LogP contribution in [-0.4, -0.2) is 17.4 Å². The number of aromatic nitrogens is 1. The summed E-state index contributed by atoms with van der Waals surface area (Å²) in [6.07, 6.45) is 6.00. The molecule has 0 bridgehead atoms. The fourth-order valence-electron chi connectivity index (χ4n) is 2.27. The van der Waals surface area contributed by atoms with Crippen LogP contribution in [0.15, 0.2) is 47.0 Å². The highest BCUT2D eigenvalue weighted by molar-refractivity contribution is 7.77. The van der Waals surface area contributed by atoms with Crippen molar-refractivity contribution in [3.63, 3.8) is 0 Å². The lowest BCUT2D eigenvalue weighted by atomic mass is 10.1. The molecule has 0 unspecified atom stereocenters. The minimum Gasteiger partial charge on any atom is -0.758 e. The molecule has 1 atom stereocenters. The third-order valence-electron chi connectivity index (χ3n) is 3.32. The average molecular weight is 332 g/mol. The van der Waals surface area contributed by atoms with Crippen molar-refractivity contribution in [2.24, 2.45) is 4.99 Å². The van der Waals surface area contributed by atoms with Crippen LogP contribution in [0.1, 0.15) is 41.5 Å². The van der Waals surface area contributed by atoms with E-state index in [0.717, 1.165) is 12.8 Å². The molecule has 0 fully saturated rings. The molecule has 0 spiro atoms. The molecular formula is C17H20N2OS2. The lowest BCUT2D eigenvalue weighted by Gasteiger charge is -2.17. The molecule has 0 amide bonds. The molecule has 3 nitrogen and oxygen atoms in total. The van der Waals surface area contributed by atoms with Gasteiger partial charge in [-0.05, 0) is 35.4 Å². The number of ketones is 1. The summed E-state index contributed by atoms with van der Waals surface area (Å²) in [7, 11) is 0. The minimum atomic E-state index is -0.538. The molecule has 0 aliphatic heterocycles. The number of aryl methyl sites for hydroxylation is 1. The van der Waals surface area contributed by atoms with Gasteiger partial charge in [0.05, 0.1) is 4.88 Å². The van der Waals surface area contributed by atoms with E-state index in [1.165, 1.54) is 16.9 Å². The molecule has 2 aromatic heterocycles. The quantitative estimate of drug-likeness (QED) is 0.256. The monoisotopic (exact) mass is 332 g/mol. The molecule has 2 rings (SSSR count). The second-order valence-electron chi connectivity index (χ2n) is 4.96. The zero-order chi connectivity index (χ0) is 15.9. The van der Waals surface area contributed by atoms with Crippen LogP contribution in [0, 0.1) is 0 Å². The van der Waals surface area contributed by atoms with Gasteiger partial charge in [-0.2, -0.15) is 4.57 Å². The van der Waals surface area contributed by atoms with Gasteiger partial charge in [0.1, 0.15) is 0 Å². The van der Waals surface area contributed by atoms with Crippen molar-refractivity contribution in [2.45, 2.75) is 32.7 Å². The van der Waals surface area contributed by atoms with Crippen LogP contribution in [0.5, 0.6) is 0 Å². The molecule has 0 saturated heterocycles. The largest absolute Gasteiger partial charge is 0.758 e. The van der Waals surface area contributed by atoms with Crippen LogP contribution >= 0.6 is 11.3 Å². The number of nitrogens with zero attached hydrogens (tertiary/aromatic N) is 2. The molecule has 0 N–H and O–H groups in total. The van der Waals surface area contributed by atoms with Crippen molar-refractivity contribution in [1.29, 1.82) is 0 Å². The highest BCUT2D eigenvalue weighted by Gasteiger charge is 2.28. The summed E-state index contributed by atoms with van der Waals surface area (Å²) in [5, 5.41) is 2.34. The van der Waals surface area contributed by atoms with Gasteiger partial charge in [-0.15, -0.1) is 11.3 Å². The van der Waals surface area contributed by atoms with E-state index in [1.807, 2.05) is 53.5 Å². The molecule has 116 valence electrons. The first-order valence-electron chi connectivity index (χ1n) is 7.46. The molecule has 0 aliphatic carbocycles. The maximum absolute atomic E-state index is 12.8. The van der Waals surface area contributed by atoms with Gasteiger partial charge in [0, 0.05) is 18.7 Å². The number of carbonyl (C=O) groups excluding carboxylic acids is 1. The Labute approximate surface area is 141 Å². The fraction of sp³-hybridized carbons (Fsp3) is 0.353. The Morgan fingerprint density at radius 3 is 2.59 bits per heavy atom. The molecule has 22 heavy (non-hydrogen) atoms. The Balaban J connectivity index is 2.36. The van der Waals surface area contributed by atoms with Gasteiger partial charge in [0.15, 0.2) is 12.4 Å². The second kappa shape index (κ2) is 8.15. The van der Waals surface area contributed by atoms with E-state index in [9.17, 15) is 4.79 Å². The van der Waals surface area contributed by atoms with Crippen molar-refractivity contribution in [3.8, 4) is 0 Å². The van der Waals surface area contributed by atoms with Gasteiger partial charge in [-0.1, -0.05) is 19.4 Å². The van der Waals surface area contributed by atoms with E-state index in [0.29, 0.717) is 16.5 Å². The fourth-order valence-corrected chi connectivity index (χ4v) is 3.31. The van der Waals surface area contributed by atoms with Crippen LogP contribution in [0.25, 0.3) is 0 Å². The number of rotatable bonds is 7. The molecule has 0 saturated carbocycles. The zero-order valence-corrected chi connectivity index (χ0v) is 14.5. The van der Waals surface area contributed by atoms with Crippen LogP contribution in [-0.2, 0) is 19.0 Å². The molecule has 0 aromatic carbocycles. The minimum absolute atomic E-state index is 0.00504. The van der Waals surface area contributed by atoms with Crippen LogP contribution < -0.4 is 4.57 Å². The van der Waals surface area contributed by atoms with Crippen molar-refractivity contribution in [2.75, 3.05) is 6.54 Å². The highest BCUT2D eigenvalue weighted by Crippen LogP contribution is 2.16. The smallest absolute Gasteiger partial charge is 0.244 e. The molecule has 2 heterocycles. The van der Waals surface area contributed by atoms with Gasteiger partial charge in [-0.25, -0.2) is 0 Å². The van der Waals surface area contributed by atoms with Gasteiger partial charge in [0.25, 0.3) is 0 Å². The first-order chi connectivity index (χ1) is 10.7. The number of thiophene rings is 1. The van der Waals surface area contributed by atoms with Crippen molar-refractivity contribution in [1.82, 2.24) is 0 Å². The van der Waals surface area contributed by atoms with Crippen LogP contribution in [0.4, 0.5) is 0 Å². The molecule has 2 aromatic rings. The predicted molar refractivity (Wildman–Crippen MR) is 93.7 cm³/mol. The first-order valence-corrected chi connectivity index (χ1v) is 8.74. The third kappa shape index (κ3) is 3.99. The van der Waals surface area contributed by atoms with Gasteiger partial charge in [0.2, 0.25) is 11.8 Å². The standard InChI is InChI=1S/C17H20N2OS2/c1-3-6-13-8-10-19(11-9-13)15(17(21)18-4-2)16(20)14-7-5-12-22-14/h5,7-12,15H,3-4,6H2,1-2H3/t15-/m1/s1. The van der Waals surface area contributed by atoms with E-state index >= 15 is 0 Å². The van der Waals surface area contributed by atoms with E-state index < -0.39 is 6.04 Å². The highest BCUT2D eigenvalue weighted by atomic mass is 32.1. The lowest BCUT2D eigenvalue weighted by molar-refractivity contribution is -0.691. The number of hydrogen-bond acceptors (Lipinski definition) is 4. The Kier molecular flexibility index (Phi) is 6.21. The summed E-state index contributed by atoms with van der Waals surface area (Å²) in [6, 6.07) is 7.27. The Morgan fingerprint density at radius 1 is 1.32 bits per heavy atom. The molecule has 5 heteroatoms. The molecular weight excluding hydrogens is 312 g/mol. The van der Waals surface area contributed by atoms with Crippen molar-refractivity contribution < 1.29 is 9.36 Å². The van der Waals surface area contributed by atoms with Crippen molar-refractivity contribution >= 4 is 34.8 Å². The summed E-state index contributed by atoms with van der Waals surface area (Å²) < 4.78 is 1.86. The van der Waals surface area contributed by atoms with Crippen LogP contribution in [0.3, 0.4) is 0 Å². The lowest BCUT2D eigenvalue weighted by Crippen LogP contribution is -2.47. The number of aliphatic imine (C=N–C) groups is 1. The van der Waals surface area contributed by atoms with E-state index in [-0.39, 0.29) is 5.78 Å². The van der Waals surface area contributed by atoms with E-state index in [1.54, 1.807) is 0 Å². The van der Waals surface area contributed by atoms with E-state index in [4.69, 9.17) is 12.6 Å². The summed E-state index contributed by atoms with van der Waals surface area (Å²) in [5.74, 6) is 0.00504. The predicted octanol–water partition coefficient (Wildman–Crippen LogP) is 3.38. The Morgan fingerprint density at radius 2 is 2.05 bits per heavy atom. The third-order valence-corrected chi connectivity index (χ3v) is 4.56. The normalized spacial score (nSPS) is 13.1. The number of hydrogen-bond donors (Lipinski definition) is 0. The number of Topliss-reactive ketones (excluding diaryl/α,β-unsaturated/α-hetero) is 1. The first kappa shape index (κ1) is 16.8. The maximum atomic E-state index is 12.8. The number of carbonyl (C=O) groups is 1. The SMILES string of the molecule is CCCc1cc[n+]([C@H](C(=O)c2cccs2)C([S-])=NCC)cc1. The van der Waals surface area contributed by atoms with Gasteiger partial charge >= 0.3 is 0 Å². The Bertz CT molecular complexity index is 633. The van der Waals surface area contributed by atoms with Crippen LogP contribution in [0.2, 0.25) is 0 Å². The molecule has 0 aliphatic rings. The Hall–Kier alpha value is -1.59. The van der Waals surface area contributed by atoms with Gasteiger partial charge in [-0.3, -0.25) is 4.79 Å². The average Bonchev–Trinajstić information content (AvgIpc) is 3.04. The summed E-state index contributed by atoms with van der Waals surface area (Å²) >= 11 is 6.82. The van der Waals surface area contributed by atoms with Gasteiger partial charge < -0.3 is 17.6 Å². The van der Waals surface area contributed by atoms with Crippen molar-refractivity contribution in [3.05, 3.63) is 52.5 Å². The maximum Gasteiger partial charge on any atom is 0.244 e. The summed E-state index contributed by atoms with van der Waals surface area (Å²) in [4.78, 5) is 17.8. The zero-order valence-electron chi connectivity index (χ0n) is 12.9. The summed E-state index contributed by atoms with van der Waals surface area (Å²) in [6.45, 7) is 4.66. The number of pyridine rings is 1. The topological polar surface area (TPSA) is 33.3 Å². The second-order valence-corrected chi connectivity index (χ2v) is 6.33.